The maximum atomic E-state index is 12.2. The van der Waals surface area contributed by atoms with Crippen molar-refractivity contribution in [3.05, 3.63) is 46.4 Å². The summed E-state index contributed by atoms with van der Waals surface area (Å²) in [5.74, 6) is 0.601. The second kappa shape index (κ2) is 8.68. The fourth-order valence-corrected chi connectivity index (χ4v) is 4.09. The van der Waals surface area contributed by atoms with E-state index in [4.69, 9.17) is 0 Å². The molecule has 0 unspecified atom stereocenters. The number of halogens is 1. The van der Waals surface area contributed by atoms with E-state index in [1.165, 1.54) is 23.1 Å². The van der Waals surface area contributed by atoms with E-state index in [2.05, 4.69) is 43.0 Å². The minimum absolute atomic E-state index is 0.101. The lowest BCUT2D eigenvalue weighted by Gasteiger charge is -2.09. The van der Waals surface area contributed by atoms with E-state index >= 15 is 0 Å². The Morgan fingerprint density at radius 3 is 3.00 bits per heavy atom. The van der Waals surface area contributed by atoms with Crippen LogP contribution in [0, 0.1) is 6.92 Å². The molecule has 0 aliphatic rings. The van der Waals surface area contributed by atoms with Crippen molar-refractivity contribution >= 4 is 50.1 Å². The average molecular weight is 466 g/mol. The third-order valence-corrected chi connectivity index (χ3v) is 5.76. The largest absolute Gasteiger partial charge is 0.507 e. The van der Waals surface area contributed by atoms with Gasteiger partial charge in [-0.3, -0.25) is 9.36 Å². The molecule has 3 rings (SSSR count). The van der Waals surface area contributed by atoms with E-state index in [1.54, 1.807) is 28.8 Å². The first-order valence-corrected chi connectivity index (χ1v) is 10.5. The predicted octanol–water partition coefficient (Wildman–Crippen LogP) is 4.09. The van der Waals surface area contributed by atoms with E-state index in [-0.39, 0.29) is 17.4 Å². The van der Waals surface area contributed by atoms with Gasteiger partial charge in [0.15, 0.2) is 16.1 Å². The van der Waals surface area contributed by atoms with Gasteiger partial charge in [0.2, 0.25) is 5.91 Å². The number of nitrogens with zero attached hydrogens (tertiary/aromatic N) is 4. The number of aromatic hydroxyl groups is 1. The molecule has 0 bridgehead atoms. The molecule has 0 aliphatic heterocycles. The molecule has 1 amide bonds. The number of amides is 1. The fraction of sp³-hybridized carbons (Fsp3) is 0.176. The number of aryl methyl sites for hydroxylation is 1. The normalized spacial score (nSPS) is 10.7. The van der Waals surface area contributed by atoms with E-state index in [0.29, 0.717) is 28.2 Å². The minimum atomic E-state index is -0.172. The van der Waals surface area contributed by atoms with Gasteiger partial charge in [0.25, 0.3) is 0 Å². The second-order valence-electron chi connectivity index (χ2n) is 5.50. The molecular weight excluding hydrogens is 450 g/mol. The number of phenolic OH excluding ortho intramolecular Hbond substituents is 1. The molecule has 2 aromatic heterocycles. The van der Waals surface area contributed by atoms with Crippen molar-refractivity contribution in [2.45, 2.75) is 18.6 Å². The van der Waals surface area contributed by atoms with E-state index in [9.17, 15) is 9.90 Å². The van der Waals surface area contributed by atoms with Crippen molar-refractivity contribution in [2.24, 2.45) is 0 Å². The predicted molar refractivity (Wildman–Crippen MR) is 111 cm³/mol. The average Bonchev–Trinajstić information content (AvgIpc) is 3.22. The Hall–Kier alpha value is -2.17. The zero-order valence-corrected chi connectivity index (χ0v) is 17.6. The number of benzene rings is 1. The van der Waals surface area contributed by atoms with Crippen LogP contribution in [0.4, 0.5) is 5.13 Å². The first-order chi connectivity index (χ1) is 13.0. The van der Waals surface area contributed by atoms with Crippen molar-refractivity contribution in [1.29, 1.82) is 0 Å². The van der Waals surface area contributed by atoms with Crippen LogP contribution in [0.3, 0.4) is 0 Å². The summed E-state index contributed by atoms with van der Waals surface area (Å²) in [4.78, 5) is 16.4. The standard InChI is InChI=1S/C17H16BrN5O2S2/c1-3-6-23-15(12-7-11(18)4-5-13(12)24)21-22-17(23)27-9-14(25)20-16-19-10(2)8-26-16/h3-5,7-8,24H,1,6,9H2,2H3,(H,19,20,25). The van der Waals surface area contributed by atoms with Crippen LogP contribution in [0.1, 0.15) is 5.69 Å². The number of thiazole rings is 1. The van der Waals surface area contributed by atoms with Crippen LogP contribution in [-0.2, 0) is 11.3 Å². The molecule has 140 valence electrons. The first kappa shape index (κ1) is 19.6. The van der Waals surface area contributed by atoms with Gasteiger partial charge in [-0.2, -0.15) is 0 Å². The van der Waals surface area contributed by atoms with Gasteiger partial charge in [0, 0.05) is 16.4 Å². The second-order valence-corrected chi connectivity index (χ2v) is 8.21. The number of carbonyl (C=O) groups is 1. The number of thioether (sulfide) groups is 1. The molecule has 3 aromatic rings. The minimum Gasteiger partial charge on any atom is -0.507 e. The van der Waals surface area contributed by atoms with Gasteiger partial charge in [-0.25, -0.2) is 4.98 Å². The van der Waals surface area contributed by atoms with Crippen LogP contribution in [0.5, 0.6) is 5.75 Å². The maximum Gasteiger partial charge on any atom is 0.236 e. The summed E-state index contributed by atoms with van der Waals surface area (Å²) in [5, 5.41) is 24.3. The SMILES string of the molecule is C=CCn1c(SCC(=O)Nc2nc(C)cs2)nnc1-c1cc(Br)ccc1O. The summed E-state index contributed by atoms with van der Waals surface area (Å²) in [6, 6.07) is 5.10. The van der Waals surface area contributed by atoms with Crippen LogP contribution in [0.2, 0.25) is 0 Å². The van der Waals surface area contributed by atoms with Gasteiger partial charge < -0.3 is 10.4 Å². The number of carbonyl (C=O) groups excluding carboxylic acids is 1. The zero-order valence-electron chi connectivity index (χ0n) is 14.3. The Labute approximate surface area is 172 Å². The lowest BCUT2D eigenvalue weighted by atomic mass is 10.2. The van der Waals surface area contributed by atoms with Crippen molar-refractivity contribution < 1.29 is 9.90 Å². The molecule has 2 heterocycles. The smallest absolute Gasteiger partial charge is 0.236 e. The van der Waals surface area contributed by atoms with Crippen molar-refractivity contribution in [3.63, 3.8) is 0 Å². The van der Waals surface area contributed by atoms with Gasteiger partial charge in [-0.05, 0) is 25.1 Å². The van der Waals surface area contributed by atoms with Crippen LogP contribution in [0.25, 0.3) is 11.4 Å². The molecule has 7 nitrogen and oxygen atoms in total. The highest BCUT2D eigenvalue weighted by Crippen LogP contribution is 2.32. The fourth-order valence-electron chi connectivity index (χ4n) is 2.27. The summed E-state index contributed by atoms with van der Waals surface area (Å²) in [7, 11) is 0. The van der Waals surface area contributed by atoms with Gasteiger partial charge in [0.05, 0.1) is 17.0 Å². The van der Waals surface area contributed by atoms with Crippen molar-refractivity contribution in [2.75, 3.05) is 11.1 Å². The molecule has 0 aliphatic carbocycles. The quantitative estimate of drug-likeness (QED) is 0.403. The monoisotopic (exact) mass is 465 g/mol. The first-order valence-electron chi connectivity index (χ1n) is 7.85. The Morgan fingerprint density at radius 2 is 2.30 bits per heavy atom. The van der Waals surface area contributed by atoms with Gasteiger partial charge in [0.1, 0.15) is 5.75 Å². The molecule has 1 aromatic carbocycles. The Morgan fingerprint density at radius 1 is 1.48 bits per heavy atom. The summed E-state index contributed by atoms with van der Waals surface area (Å²) < 4.78 is 2.62. The van der Waals surface area contributed by atoms with E-state index in [1.807, 2.05) is 12.3 Å². The topological polar surface area (TPSA) is 92.9 Å². The summed E-state index contributed by atoms with van der Waals surface area (Å²) in [6.45, 7) is 6.08. The van der Waals surface area contributed by atoms with Crippen molar-refractivity contribution in [3.8, 4) is 17.1 Å². The van der Waals surface area contributed by atoms with Crippen LogP contribution in [0.15, 0.2) is 45.9 Å². The van der Waals surface area contributed by atoms with Gasteiger partial charge in [-0.15, -0.1) is 28.1 Å². The highest BCUT2D eigenvalue weighted by Gasteiger charge is 2.18. The highest BCUT2D eigenvalue weighted by molar-refractivity contribution is 9.10. The molecule has 10 heteroatoms. The third kappa shape index (κ3) is 4.76. The lowest BCUT2D eigenvalue weighted by molar-refractivity contribution is -0.113. The molecule has 2 N–H and O–H groups in total. The number of allylic oxidation sites excluding steroid dienone is 1. The number of hydrogen-bond acceptors (Lipinski definition) is 7. The molecular formula is C17H16BrN5O2S2. The molecule has 0 spiro atoms. The van der Waals surface area contributed by atoms with Gasteiger partial charge in [-0.1, -0.05) is 33.8 Å². The zero-order chi connectivity index (χ0) is 19.4. The highest BCUT2D eigenvalue weighted by atomic mass is 79.9. The number of rotatable bonds is 7. The molecule has 0 radical (unpaired) electrons. The number of hydrogen-bond donors (Lipinski definition) is 2. The van der Waals surface area contributed by atoms with Gasteiger partial charge >= 0.3 is 0 Å². The van der Waals surface area contributed by atoms with E-state index < -0.39 is 0 Å². The molecule has 0 saturated heterocycles. The Kier molecular flexibility index (Phi) is 6.30. The Balaban J connectivity index is 1.77. The van der Waals surface area contributed by atoms with Crippen LogP contribution >= 0.6 is 39.0 Å². The third-order valence-electron chi connectivity index (χ3n) is 3.43. The maximum absolute atomic E-state index is 12.2. The summed E-state index contributed by atoms with van der Waals surface area (Å²) in [6.07, 6.45) is 1.71. The van der Waals surface area contributed by atoms with Crippen LogP contribution < -0.4 is 5.32 Å². The number of aromatic nitrogens is 4. The molecule has 0 atom stereocenters. The van der Waals surface area contributed by atoms with Crippen molar-refractivity contribution in [1.82, 2.24) is 19.7 Å². The molecule has 0 fully saturated rings. The van der Waals surface area contributed by atoms with Crippen LogP contribution in [-0.4, -0.2) is 36.5 Å². The lowest BCUT2D eigenvalue weighted by Crippen LogP contribution is -2.14. The summed E-state index contributed by atoms with van der Waals surface area (Å²) in [5.41, 5.74) is 1.42. The number of nitrogens with one attached hydrogen (secondary N) is 1. The molecule has 0 saturated carbocycles. The molecule has 27 heavy (non-hydrogen) atoms. The number of anilines is 1. The summed E-state index contributed by atoms with van der Waals surface area (Å²) >= 11 is 6.04. The Bertz CT molecular complexity index is 986. The number of phenols is 1. The van der Waals surface area contributed by atoms with E-state index in [0.717, 1.165) is 10.2 Å².